The van der Waals surface area contributed by atoms with Crippen LogP contribution >= 0.6 is 0 Å². The predicted molar refractivity (Wildman–Crippen MR) is 60.9 cm³/mol. The molecule has 17 heavy (non-hydrogen) atoms. The van der Waals surface area contributed by atoms with E-state index < -0.39 is 16.9 Å². The Morgan fingerprint density at radius 3 is 2.82 bits per heavy atom. The van der Waals surface area contributed by atoms with Crippen molar-refractivity contribution in [2.45, 2.75) is 25.9 Å². The SMILES string of the molecule is CC(=O)[C@@H]1Oc2cc(C)ccc2[C@H]1C[N+](=O)[O-]. The molecule has 0 aliphatic carbocycles. The van der Waals surface area contributed by atoms with Gasteiger partial charge in [-0.1, -0.05) is 12.1 Å². The Morgan fingerprint density at radius 2 is 2.24 bits per heavy atom. The maximum atomic E-state index is 11.4. The van der Waals surface area contributed by atoms with E-state index in [1.54, 1.807) is 0 Å². The second-order valence-electron chi connectivity index (χ2n) is 4.31. The number of hydrogen-bond donors (Lipinski definition) is 0. The van der Waals surface area contributed by atoms with Gasteiger partial charge in [0.25, 0.3) is 0 Å². The lowest BCUT2D eigenvalue weighted by Gasteiger charge is -2.12. The van der Waals surface area contributed by atoms with E-state index in [9.17, 15) is 14.9 Å². The van der Waals surface area contributed by atoms with Crippen LogP contribution in [0.3, 0.4) is 0 Å². The van der Waals surface area contributed by atoms with Gasteiger partial charge in [0.05, 0.1) is 5.92 Å². The number of ketones is 1. The number of Topliss-reactive ketones (excluding diaryl/α,β-unsaturated/α-hetero) is 1. The highest BCUT2D eigenvalue weighted by Gasteiger charge is 2.40. The fraction of sp³-hybridized carbons (Fsp3) is 0.417. The third-order valence-electron chi connectivity index (χ3n) is 2.93. The molecule has 0 saturated carbocycles. The summed E-state index contributed by atoms with van der Waals surface area (Å²) in [5.74, 6) is -0.0548. The molecule has 0 aromatic heterocycles. The fourth-order valence-corrected chi connectivity index (χ4v) is 2.15. The van der Waals surface area contributed by atoms with Crippen molar-refractivity contribution in [2.75, 3.05) is 6.54 Å². The van der Waals surface area contributed by atoms with Gasteiger partial charge >= 0.3 is 0 Å². The van der Waals surface area contributed by atoms with Gasteiger partial charge in [0, 0.05) is 10.5 Å². The third kappa shape index (κ3) is 2.13. The average Bonchev–Trinajstić information content (AvgIpc) is 2.55. The van der Waals surface area contributed by atoms with Gasteiger partial charge in [-0.15, -0.1) is 0 Å². The van der Waals surface area contributed by atoms with E-state index in [1.165, 1.54) is 6.92 Å². The van der Waals surface area contributed by atoms with E-state index in [1.807, 2.05) is 25.1 Å². The van der Waals surface area contributed by atoms with Crippen LogP contribution in [0.4, 0.5) is 0 Å². The number of rotatable bonds is 3. The standard InChI is InChI=1S/C12H13NO4/c1-7-3-4-9-10(6-13(15)16)12(8(2)14)17-11(9)5-7/h3-5,10,12H,6H2,1-2H3/t10-,12+/m1/s1. The molecule has 0 saturated heterocycles. The summed E-state index contributed by atoms with van der Waals surface area (Å²) in [6.07, 6.45) is -0.725. The molecule has 2 atom stereocenters. The lowest BCUT2D eigenvalue weighted by molar-refractivity contribution is -0.484. The van der Waals surface area contributed by atoms with Gasteiger partial charge in [0.1, 0.15) is 5.75 Å². The molecule has 5 nitrogen and oxygen atoms in total. The van der Waals surface area contributed by atoms with Crippen LogP contribution in [-0.4, -0.2) is 23.4 Å². The van der Waals surface area contributed by atoms with Crippen molar-refractivity contribution >= 4 is 5.78 Å². The Bertz CT molecular complexity index is 483. The monoisotopic (exact) mass is 235 g/mol. The number of carbonyl (C=O) groups is 1. The first-order valence-electron chi connectivity index (χ1n) is 5.38. The summed E-state index contributed by atoms with van der Waals surface area (Å²) in [5, 5.41) is 10.6. The molecule has 90 valence electrons. The molecule has 0 fully saturated rings. The predicted octanol–water partition coefficient (Wildman–Crippen LogP) is 1.71. The molecule has 2 rings (SSSR count). The van der Waals surface area contributed by atoms with Crippen LogP contribution in [0.1, 0.15) is 24.0 Å². The largest absolute Gasteiger partial charge is 0.481 e. The molecule has 1 aliphatic heterocycles. The Hall–Kier alpha value is -1.91. The van der Waals surface area contributed by atoms with Crippen LogP contribution in [-0.2, 0) is 4.79 Å². The summed E-state index contributed by atoms with van der Waals surface area (Å²) in [6, 6.07) is 5.49. The molecule has 1 heterocycles. The highest BCUT2D eigenvalue weighted by molar-refractivity contribution is 5.83. The lowest BCUT2D eigenvalue weighted by atomic mass is 9.93. The Balaban J connectivity index is 2.39. The minimum atomic E-state index is -0.725. The maximum Gasteiger partial charge on any atom is 0.214 e. The van der Waals surface area contributed by atoms with E-state index in [0.29, 0.717) is 5.75 Å². The van der Waals surface area contributed by atoms with E-state index in [-0.39, 0.29) is 12.3 Å². The van der Waals surface area contributed by atoms with Gasteiger partial charge in [0.15, 0.2) is 11.9 Å². The Morgan fingerprint density at radius 1 is 1.53 bits per heavy atom. The first-order valence-corrected chi connectivity index (χ1v) is 5.38. The first-order chi connectivity index (χ1) is 7.99. The number of carbonyl (C=O) groups excluding carboxylic acids is 1. The number of benzene rings is 1. The Labute approximate surface area is 98.5 Å². The smallest absolute Gasteiger partial charge is 0.214 e. The minimum absolute atomic E-state index is 0.175. The van der Waals surface area contributed by atoms with Crippen LogP contribution in [0.15, 0.2) is 18.2 Å². The number of nitro groups is 1. The molecular weight excluding hydrogens is 222 g/mol. The summed E-state index contributed by atoms with van der Waals surface area (Å²) in [4.78, 5) is 21.7. The molecule has 1 aromatic carbocycles. The second-order valence-corrected chi connectivity index (χ2v) is 4.31. The normalized spacial score (nSPS) is 21.8. The van der Waals surface area contributed by atoms with Crippen molar-refractivity contribution in [2.24, 2.45) is 0 Å². The highest BCUT2D eigenvalue weighted by Crippen LogP contribution is 2.39. The van der Waals surface area contributed by atoms with Crippen LogP contribution in [0.5, 0.6) is 5.75 Å². The minimum Gasteiger partial charge on any atom is -0.481 e. The zero-order chi connectivity index (χ0) is 12.6. The number of nitrogens with zero attached hydrogens (tertiary/aromatic N) is 1. The quantitative estimate of drug-likeness (QED) is 0.590. The summed E-state index contributed by atoms with van der Waals surface area (Å²) >= 11 is 0. The topological polar surface area (TPSA) is 69.4 Å². The van der Waals surface area contributed by atoms with Crippen LogP contribution in [0, 0.1) is 17.0 Å². The molecule has 0 bridgehead atoms. The van der Waals surface area contributed by atoms with Crippen molar-refractivity contribution in [3.8, 4) is 5.75 Å². The van der Waals surface area contributed by atoms with Crippen molar-refractivity contribution in [3.63, 3.8) is 0 Å². The van der Waals surface area contributed by atoms with Crippen LogP contribution in [0.2, 0.25) is 0 Å². The zero-order valence-electron chi connectivity index (χ0n) is 9.67. The number of ether oxygens (including phenoxy) is 1. The molecule has 0 spiro atoms. The second kappa shape index (κ2) is 4.16. The summed E-state index contributed by atoms with van der Waals surface area (Å²) in [5.41, 5.74) is 1.76. The highest BCUT2D eigenvalue weighted by atomic mass is 16.6. The Kier molecular flexibility index (Phi) is 2.83. The van der Waals surface area contributed by atoms with Crippen molar-refractivity contribution in [3.05, 3.63) is 39.4 Å². The van der Waals surface area contributed by atoms with E-state index in [0.717, 1.165) is 11.1 Å². The van der Waals surface area contributed by atoms with Gasteiger partial charge in [-0.2, -0.15) is 0 Å². The van der Waals surface area contributed by atoms with Crippen LogP contribution < -0.4 is 4.74 Å². The molecule has 5 heteroatoms. The molecule has 0 radical (unpaired) electrons. The van der Waals surface area contributed by atoms with Gasteiger partial charge in [-0.3, -0.25) is 14.9 Å². The summed E-state index contributed by atoms with van der Waals surface area (Å²) in [7, 11) is 0. The van der Waals surface area contributed by atoms with Gasteiger partial charge in [0.2, 0.25) is 6.54 Å². The van der Waals surface area contributed by atoms with E-state index >= 15 is 0 Å². The first kappa shape index (κ1) is 11.6. The average molecular weight is 235 g/mol. The zero-order valence-corrected chi connectivity index (χ0v) is 9.67. The van der Waals surface area contributed by atoms with Gasteiger partial charge < -0.3 is 4.74 Å². The van der Waals surface area contributed by atoms with E-state index in [2.05, 4.69) is 0 Å². The summed E-state index contributed by atoms with van der Waals surface area (Å²) in [6.45, 7) is 3.03. The number of hydrogen-bond acceptors (Lipinski definition) is 4. The van der Waals surface area contributed by atoms with Gasteiger partial charge in [-0.05, 0) is 25.5 Å². The van der Waals surface area contributed by atoms with Gasteiger partial charge in [-0.25, -0.2) is 0 Å². The summed E-state index contributed by atoms with van der Waals surface area (Å²) < 4.78 is 5.51. The van der Waals surface area contributed by atoms with Crippen molar-refractivity contribution < 1.29 is 14.5 Å². The third-order valence-corrected chi connectivity index (χ3v) is 2.93. The molecule has 0 amide bonds. The maximum absolute atomic E-state index is 11.4. The number of fused-ring (bicyclic) bond motifs is 1. The van der Waals surface area contributed by atoms with Crippen molar-refractivity contribution in [1.82, 2.24) is 0 Å². The van der Waals surface area contributed by atoms with Crippen LogP contribution in [0.25, 0.3) is 0 Å². The number of aryl methyl sites for hydroxylation is 1. The fourth-order valence-electron chi connectivity index (χ4n) is 2.15. The van der Waals surface area contributed by atoms with E-state index in [4.69, 9.17) is 4.74 Å². The molecular formula is C12H13NO4. The molecule has 0 N–H and O–H groups in total. The van der Waals surface area contributed by atoms with Crippen molar-refractivity contribution in [1.29, 1.82) is 0 Å². The lowest BCUT2D eigenvalue weighted by Crippen LogP contribution is -2.31. The molecule has 1 aliphatic rings. The molecule has 0 unspecified atom stereocenters. The molecule has 1 aromatic rings.